The summed E-state index contributed by atoms with van der Waals surface area (Å²) in [6.45, 7) is 4.18. The highest BCUT2D eigenvalue weighted by Crippen LogP contribution is 2.12. The second-order valence-corrected chi connectivity index (χ2v) is 7.07. The lowest BCUT2D eigenvalue weighted by Gasteiger charge is -2.24. The third-order valence-corrected chi connectivity index (χ3v) is 4.33. The van der Waals surface area contributed by atoms with Gasteiger partial charge in [-0.3, -0.25) is 9.59 Å². The maximum absolute atomic E-state index is 11.9. The van der Waals surface area contributed by atoms with Crippen LogP contribution in [0.25, 0.3) is 10.9 Å². The number of aromatic nitrogens is 2. The van der Waals surface area contributed by atoms with E-state index in [-0.39, 0.29) is 17.0 Å². The van der Waals surface area contributed by atoms with Crippen LogP contribution in [0.1, 0.15) is 26.1 Å². The topological polar surface area (TPSA) is 101 Å². The molecule has 0 aliphatic rings. The van der Waals surface area contributed by atoms with Gasteiger partial charge < -0.3 is 16.0 Å². The summed E-state index contributed by atoms with van der Waals surface area (Å²) >= 11 is 1.56. The van der Waals surface area contributed by atoms with Crippen molar-refractivity contribution in [3.63, 3.8) is 0 Å². The van der Waals surface area contributed by atoms with Crippen LogP contribution in [-0.4, -0.2) is 33.7 Å². The average Bonchev–Trinajstić information content (AvgIpc) is 2.51. The normalized spacial score (nSPS) is 11.6. The van der Waals surface area contributed by atoms with Crippen LogP contribution in [0.3, 0.4) is 0 Å². The van der Waals surface area contributed by atoms with Crippen molar-refractivity contribution in [1.29, 1.82) is 0 Å². The molecule has 0 radical (unpaired) electrons. The highest BCUT2D eigenvalue weighted by Gasteiger charge is 2.17. The van der Waals surface area contributed by atoms with E-state index in [0.29, 0.717) is 41.2 Å². The van der Waals surface area contributed by atoms with Crippen molar-refractivity contribution in [2.24, 2.45) is 5.73 Å². The summed E-state index contributed by atoms with van der Waals surface area (Å²) in [6, 6.07) is 7.24. The number of rotatable bonds is 7. The van der Waals surface area contributed by atoms with Gasteiger partial charge in [0, 0.05) is 24.3 Å². The van der Waals surface area contributed by atoms with Gasteiger partial charge in [-0.05, 0) is 26.0 Å². The van der Waals surface area contributed by atoms with Crippen molar-refractivity contribution in [2.75, 3.05) is 12.3 Å². The van der Waals surface area contributed by atoms with Crippen LogP contribution >= 0.6 is 11.8 Å². The molecule has 0 bridgehead atoms. The maximum atomic E-state index is 11.9. The van der Waals surface area contributed by atoms with E-state index in [0.717, 1.165) is 0 Å². The molecule has 2 rings (SSSR count). The summed E-state index contributed by atoms with van der Waals surface area (Å²) in [7, 11) is 0. The second kappa shape index (κ2) is 7.61. The van der Waals surface area contributed by atoms with E-state index in [2.05, 4.69) is 15.3 Å². The Labute approximate surface area is 139 Å². The SMILES string of the molecule is CC(C)(CN)NC(=O)CCSCc1nc2ccccc2c(=O)[nH]1. The first-order chi connectivity index (χ1) is 10.9. The molecule has 1 aromatic carbocycles. The molecule has 2 aromatic rings. The minimum Gasteiger partial charge on any atom is -0.350 e. The number of carbonyl (C=O) groups excluding carboxylic acids is 1. The number of benzene rings is 1. The zero-order chi connectivity index (χ0) is 16.9. The van der Waals surface area contributed by atoms with Crippen LogP contribution in [0.2, 0.25) is 0 Å². The number of aromatic amines is 1. The van der Waals surface area contributed by atoms with E-state index in [1.54, 1.807) is 17.8 Å². The molecule has 4 N–H and O–H groups in total. The molecule has 0 saturated heterocycles. The summed E-state index contributed by atoms with van der Waals surface area (Å²) in [6.07, 6.45) is 0.409. The fourth-order valence-electron chi connectivity index (χ4n) is 2.03. The van der Waals surface area contributed by atoms with Crippen LogP contribution in [0, 0.1) is 0 Å². The second-order valence-electron chi connectivity index (χ2n) is 5.97. The first-order valence-electron chi connectivity index (χ1n) is 7.48. The van der Waals surface area contributed by atoms with E-state index >= 15 is 0 Å². The number of carbonyl (C=O) groups is 1. The molecule has 124 valence electrons. The lowest BCUT2D eigenvalue weighted by atomic mass is 10.1. The fourth-order valence-corrected chi connectivity index (χ4v) is 2.83. The number of thioether (sulfide) groups is 1. The smallest absolute Gasteiger partial charge is 0.258 e. The molecular weight excluding hydrogens is 312 g/mol. The number of nitrogens with one attached hydrogen (secondary N) is 2. The Hall–Kier alpha value is -1.86. The van der Waals surface area contributed by atoms with E-state index in [4.69, 9.17) is 5.73 Å². The molecule has 0 fully saturated rings. The van der Waals surface area contributed by atoms with Gasteiger partial charge in [-0.2, -0.15) is 11.8 Å². The van der Waals surface area contributed by atoms with Gasteiger partial charge in [0.05, 0.1) is 16.7 Å². The Balaban J connectivity index is 1.85. The van der Waals surface area contributed by atoms with Gasteiger partial charge in [-0.15, -0.1) is 0 Å². The van der Waals surface area contributed by atoms with Crippen LogP contribution in [0.4, 0.5) is 0 Å². The summed E-state index contributed by atoms with van der Waals surface area (Å²) in [5, 5.41) is 3.47. The molecular formula is C16H22N4O2S. The molecule has 0 spiro atoms. The highest BCUT2D eigenvalue weighted by atomic mass is 32.2. The zero-order valence-electron chi connectivity index (χ0n) is 13.4. The number of nitrogens with zero attached hydrogens (tertiary/aromatic N) is 1. The summed E-state index contributed by atoms with van der Waals surface area (Å²) in [5.41, 5.74) is 5.76. The van der Waals surface area contributed by atoms with Gasteiger partial charge >= 0.3 is 0 Å². The van der Waals surface area contributed by atoms with Gasteiger partial charge in [0.15, 0.2) is 0 Å². The number of hydrogen-bond donors (Lipinski definition) is 3. The number of para-hydroxylation sites is 1. The van der Waals surface area contributed by atoms with E-state index in [1.807, 2.05) is 32.0 Å². The molecule has 7 heteroatoms. The van der Waals surface area contributed by atoms with Gasteiger partial charge in [0.25, 0.3) is 5.56 Å². The van der Waals surface area contributed by atoms with Crippen molar-refractivity contribution in [1.82, 2.24) is 15.3 Å². The zero-order valence-corrected chi connectivity index (χ0v) is 14.2. The molecule has 0 unspecified atom stereocenters. The number of fused-ring (bicyclic) bond motifs is 1. The van der Waals surface area contributed by atoms with Gasteiger partial charge in [-0.25, -0.2) is 4.98 Å². The Morgan fingerprint density at radius 1 is 1.39 bits per heavy atom. The van der Waals surface area contributed by atoms with Crippen molar-refractivity contribution in [3.05, 3.63) is 40.4 Å². The molecule has 0 aliphatic carbocycles. The summed E-state index contributed by atoms with van der Waals surface area (Å²) in [5.74, 6) is 1.82. The molecule has 0 atom stereocenters. The minimum absolute atomic E-state index is 0.0204. The van der Waals surface area contributed by atoms with Crippen LogP contribution in [-0.2, 0) is 10.5 Å². The molecule has 1 heterocycles. The van der Waals surface area contributed by atoms with Crippen molar-refractivity contribution >= 4 is 28.6 Å². The largest absolute Gasteiger partial charge is 0.350 e. The van der Waals surface area contributed by atoms with Gasteiger partial charge in [0.2, 0.25) is 5.91 Å². The number of amides is 1. The maximum Gasteiger partial charge on any atom is 0.258 e. The van der Waals surface area contributed by atoms with E-state index in [1.165, 1.54) is 0 Å². The van der Waals surface area contributed by atoms with Gasteiger partial charge in [-0.1, -0.05) is 12.1 Å². The molecule has 0 saturated carbocycles. The van der Waals surface area contributed by atoms with E-state index in [9.17, 15) is 9.59 Å². The van der Waals surface area contributed by atoms with Crippen LogP contribution in [0.15, 0.2) is 29.1 Å². The van der Waals surface area contributed by atoms with Crippen molar-refractivity contribution < 1.29 is 4.79 Å². The molecule has 6 nitrogen and oxygen atoms in total. The Kier molecular flexibility index (Phi) is 5.79. The predicted octanol–water partition coefficient (Wildman–Crippen LogP) is 1.40. The predicted molar refractivity (Wildman–Crippen MR) is 94.4 cm³/mol. The van der Waals surface area contributed by atoms with Gasteiger partial charge in [0.1, 0.15) is 5.82 Å². The monoisotopic (exact) mass is 334 g/mol. The first-order valence-corrected chi connectivity index (χ1v) is 8.63. The molecule has 1 aromatic heterocycles. The quantitative estimate of drug-likeness (QED) is 0.665. The third-order valence-electron chi connectivity index (χ3n) is 3.36. The van der Waals surface area contributed by atoms with Crippen LogP contribution in [0.5, 0.6) is 0 Å². The Morgan fingerprint density at radius 3 is 2.87 bits per heavy atom. The fraction of sp³-hybridized carbons (Fsp3) is 0.438. The lowest BCUT2D eigenvalue weighted by molar-refractivity contribution is -0.122. The first kappa shape index (κ1) is 17.5. The molecule has 23 heavy (non-hydrogen) atoms. The molecule has 1 amide bonds. The lowest BCUT2D eigenvalue weighted by Crippen LogP contribution is -2.48. The van der Waals surface area contributed by atoms with E-state index < -0.39 is 0 Å². The van der Waals surface area contributed by atoms with Crippen molar-refractivity contribution in [3.8, 4) is 0 Å². The minimum atomic E-state index is -0.382. The molecule has 0 aliphatic heterocycles. The van der Waals surface area contributed by atoms with Crippen LogP contribution < -0.4 is 16.6 Å². The summed E-state index contributed by atoms with van der Waals surface area (Å²) < 4.78 is 0. The number of H-pyrrole nitrogens is 1. The summed E-state index contributed by atoms with van der Waals surface area (Å²) in [4.78, 5) is 31.0. The standard InChI is InChI=1S/C16H22N4O2S/c1-16(2,10-17)20-14(21)7-8-23-9-13-18-12-6-4-3-5-11(12)15(22)19-13/h3-6H,7-10,17H2,1-2H3,(H,20,21)(H,18,19,22). The average molecular weight is 334 g/mol. The highest BCUT2D eigenvalue weighted by molar-refractivity contribution is 7.98. The Morgan fingerprint density at radius 2 is 2.13 bits per heavy atom. The van der Waals surface area contributed by atoms with Crippen molar-refractivity contribution in [2.45, 2.75) is 31.6 Å². The number of hydrogen-bond acceptors (Lipinski definition) is 5. The third kappa shape index (κ3) is 5.07. The Bertz CT molecular complexity index is 742. The number of nitrogens with two attached hydrogens (primary N) is 1.